The average molecular weight is 349 g/mol. The molecule has 2 heterocycles. The summed E-state index contributed by atoms with van der Waals surface area (Å²) in [7, 11) is 1.34. The van der Waals surface area contributed by atoms with Gasteiger partial charge in [0.15, 0.2) is 17.1 Å². The van der Waals surface area contributed by atoms with Gasteiger partial charge in [-0.3, -0.25) is 4.90 Å². The number of benzene rings is 1. The van der Waals surface area contributed by atoms with Crippen LogP contribution in [0.15, 0.2) is 12.1 Å². The number of carbonyl (C=O) groups excluding carboxylic acids is 2. The molecule has 0 saturated carbocycles. The van der Waals surface area contributed by atoms with E-state index in [4.69, 9.17) is 18.9 Å². The summed E-state index contributed by atoms with van der Waals surface area (Å²) in [5.74, 6) is 0.663. The molecule has 0 aliphatic carbocycles. The molecule has 136 valence electrons. The van der Waals surface area contributed by atoms with Crippen LogP contribution in [0, 0.1) is 6.92 Å². The van der Waals surface area contributed by atoms with Crippen molar-refractivity contribution in [3.63, 3.8) is 0 Å². The summed E-state index contributed by atoms with van der Waals surface area (Å²) in [6.07, 6.45) is -0.357. The number of likely N-dealkylation sites (tertiary alicyclic amines) is 1. The fourth-order valence-corrected chi connectivity index (χ4v) is 2.92. The molecule has 0 unspecified atom stereocenters. The van der Waals surface area contributed by atoms with Crippen LogP contribution in [-0.2, 0) is 9.47 Å². The molecule has 0 N–H and O–H groups in total. The van der Waals surface area contributed by atoms with E-state index in [1.54, 1.807) is 17.0 Å². The van der Waals surface area contributed by atoms with Crippen molar-refractivity contribution in [2.75, 3.05) is 26.8 Å². The predicted molar refractivity (Wildman–Crippen MR) is 89.2 cm³/mol. The third kappa shape index (κ3) is 3.36. The molecule has 0 bridgehead atoms. The Morgan fingerprint density at radius 1 is 1.20 bits per heavy atom. The highest BCUT2D eigenvalue weighted by Gasteiger charge is 2.51. The fraction of sp³-hybridized carbons (Fsp3) is 0.556. The first kappa shape index (κ1) is 17.4. The van der Waals surface area contributed by atoms with Crippen molar-refractivity contribution in [1.82, 2.24) is 4.90 Å². The number of hydrogen-bond donors (Lipinski definition) is 0. The van der Waals surface area contributed by atoms with Gasteiger partial charge in [-0.2, -0.15) is 0 Å². The van der Waals surface area contributed by atoms with E-state index in [1.165, 1.54) is 7.11 Å². The minimum Gasteiger partial charge on any atom is -0.485 e. The molecule has 2 aliphatic rings. The van der Waals surface area contributed by atoms with Gasteiger partial charge < -0.3 is 18.9 Å². The van der Waals surface area contributed by atoms with Crippen LogP contribution in [0.3, 0.4) is 0 Å². The summed E-state index contributed by atoms with van der Waals surface area (Å²) in [5.41, 5.74) is 0.0975. The molecule has 7 nitrogen and oxygen atoms in total. The van der Waals surface area contributed by atoms with Crippen LogP contribution in [0.2, 0.25) is 0 Å². The van der Waals surface area contributed by atoms with Crippen LogP contribution in [0.5, 0.6) is 11.5 Å². The Hall–Kier alpha value is -2.44. The highest BCUT2D eigenvalue weighted by atomic mass is 16.6. The number of fused-ring (bicyclic) bond motifs is 1. The monoisotopic (exact) mass is 349 g/mol. The Morgan fingerprint density at radius 2 is 1.88 bits per heavy atom. The van der Waals surface area contributed by atoms with Gasteiger partial charge in [-0.1, -0.05) is 0 Å². The smallest absolute Gasteiger partial charge is 0.410 e. The molecular formula is C18H23NO6. The maximum absolute atomic E-state index is 12.1. The molecule has 0 aromatic heterocycles. The third-order valence-electron chi connectivity index (χ3n) is 4.12. The topological polar surface area (TPSA) is 74.3 Å². The maximum Gasteiger partial charge on any atom is 0.410 e. The zero-order chi connectivity index (χ0) is 18.4. The van der Waals surface area contributed by atoms with Gasteiger partial charge in [0.05, 0.1) is 25.8 Å². The SMILES string of the molecule is COC(=O)c1cc2c(cc1C)OC1(CO2)CN(C(=O)OC(C)(C)C)C1. The number of ether oxygens (including phenoxy) is 4. The minimum absolute atomic E-state index is 0.309. The number of esters is 1. The molecule has 1 saturated heterocycles. The number of aryl methyl sites for hydroxylation is 1. The van der Waals surface area contributed by atoms with Gasteiger partial charge >= 0.3 is 12.1 Å². The van der Waals surface area contributed by atoms with Crippen molar-refractivity contribution in [2.45, 2.75) is 38.9 Å². The number of amides is 1. The standard InChI is InChI=1S/C18H23NO6/c1-11-6-14-13(7-12(11)15(20)22-5)23-10-18(24-14)8-19(9-18)16(21)25-17(2,3)4/h6-7H,8-10H2,1-5H3. The van der Waals surface area contributed by atoms with Crippen molar-refractivity contribution in [3.8, 4) is 11.5 Å². The van der Waals surface area contributed by atoms with E-state index in [2.05, 4.69) is 0 Å². The Kier molecular flexibility index (Phi) is 4.05. The highest BCUT2D eigenvalue weighted by molar-refractivity contribution is 5.92. The molecule has 1 fully saturated rings. The summed E-state index contributed by atoms with van der Waals surface area (Å²) >= 11 is 0. The molecule has 1 amide bonds. The molecular weight excluding hydrogens is 326 g/mol. The number of rotatable bonds is 1. The first-order valence-corrected chi connectivity index (χ1v) is 8.15. The van der Waals surface area contributed by atoms with Gasteiger partial charge in [0.2, 0.25) is 0 Å². The van der Waals surface area contributed by atoms with Gasteiger partial charge in [-0.25, -0.2) is 9.59 Å². The lowest BCUT2D eigenvalue weighted by Gasteiger charge is -2.50. The quantitative estimate of drug-likeness (QED) is 0.726. The predicted octanol–water partition coefficient (Wildman–Crippen LogP) is 2.54. The zero-order valence-corrected chi connectivity index (χ0v) is 15.2. The molecule has 2 aliphatic heterocycles. The summed E-state index contributed by atoms with van der Waals surface area (Å²) in [4.78, 5) is 25.4. The second-order valence-electron chi connectivity index (χ2n) is 7.52. The number of nitrogens with zero attached hydrogens (tertiary/aromatic N) is 1. The normalized spacial score (nSPS) is 17.7. The van der Waals surface area contributed by atoms with Gasteiger partial charge in [0.1, 0.15) is 12.2 Å². The van der Waals surface area contributed by atoms with E-state index in [1.807, 2.05) is 27.7 Å². The van der Waals surface area contributed by atoms with Gasteiger partial charge in [-0.05, 0) is 45.4 Å². The molecule has 1 aromatic rings. The van der Waals surface area contributed by atoms with E-state index in [0.717, 1.165) is 5.56 Å². The molecule has 0 radical (unpaired) electrons. The number of methoxy groups -OCH3 is 1. The van der Waals surface area contributed by atoms with Crippen molar-refractivity contribution in [3.05, 3.63) is 23.3 Å². The van der Waals surface area contributed by atoms with E-state index in [0.29, 0.717) is 36.8 Å². The second-order valence-corrected chi connectivity index (χ2v) is 7.52. The first-order valence-electron chi connectivity index (χ1n) is 8.15. The molecule has 25 heavy (non-hydrogen) atoms. The highest BCUT2D eigenvalue weighted by Crippen LogP contribution is 2.41. The van der Waals surface area contributed by atoms with Crippen LogP contribution < -0.4 is 9.47 Å². The maximum atomic E-state index is 12.1. The largest absolute Gasteiger partial charge is 0.485 e. The average Bonchev–Trinajstić information content (AvgIpc) is 2.48. The van der Waals surface area contributed by atoms with Gasteiger partial charge in [0, 0.05) is 0 Å². The van der Waals surface area contributed by atoms with E-state index in [9.17, 15) is 9.59 Å². The van der Waals surface area contributed by atoms with Crippen LogP contribution in [0.25, 0.3) is 0 Å². The van der Waals surface area contributed by atoms with Gasteiger partial charge in [-0.15, -0.1) is 0 Å². The van der Waals surface area contributed by atoms with Crippen LogP contribution in [0.4, 0.5) is 4.79 Å². The Balaban J connectivity index is 1.70. The molecule has 1 spiro atoms. The Labute approximate surface area is 146 Å². The summed E-state index contributed by atoms with van der Waals surface area (Å²) in [6.45, 7) is 8.42. The Bertz CT molecular complexity index is 715. The second kappa shape index (κ2) is 5.82. The van der Waals surface area contributed by atoms with Crippen LogP contribution in [0.1, 0.15) is 36.7 Å². The molecule has 0 atom stereocenters. The van der Waals surface area contributed by atoms with Gasteiger partial charge in [0.25, 0.3) is 0 Å². The van der Waals surface area contributed by atoms with Crippen molar-refractivity contribution >= 4 is 12.1 Å². The van der Waals surface area contributed by atoms with E-state index >= 15 is 0 Å². The Morgan fingerprint density at radius 3 is 2.48 bits per heavy atom. The van der Waals surface area contributed by atoms with Crippen molar-refractivity contribution in [1.29, 1.82) is 0 Å². The number of hydrogen-bond acceptors (Lipinski definition) is 6. The fourth-order valence-electron chi connectivity index (χ4n) is 2.92. The zero-order valence-electron chi connectivity index (χ0n) is 15.2. The molecule has 7 heteroatoms. The first-order chi connectivity index (χ1) is 11.6. The van der Waals surface area contributed by atoms with E-state index < -0.39 is 17.2 Å². The third-order valence-corrected chi connectivity index (χ3v) is 4.12. The van der Waals surface area contributed by atoms with E-state index in [-0.39, 0.29) is 6.09 Å². The lowest BCUT2D eigenvalue weighted by molar-refractivity contribution is -0.114. The summed E-state index contributed by atoms with van der Waals surface area (Å²) < 4.78 is 22.0. The van der Waals surface area contributed by atoms with Crippen molar-refractivity contribution in [2.24, 2.45) is 0 Å². The van der Waals surface area contributed by atoms with Crippen LogP contribution in [-0.4, -0.2) is 55.0 Å². The summed E-state index contributed by atoms with van der Waals surface area (Å²) in [5, 5.41) is 0. The van der Waals surface area contributed by atoms with Crippen molar-refractivity contribution < 1.29 is 28.5 Å². The lowest BCUT2D eigenvalue weighted by Crippen LogP contribution is -2.70. The molecule has 1 aromatic carbocycles. The summed E-state index contributed by atoms with van der Waals surface area (Å²) in [6, 6.07) is 3.40. The molecule has 3 rings (SSSR count). The number of carbonyl (C=O) groups is 2. The van der Waals surface area contributed by atoms with Crippen LogP contribution >= 0.6 is 0 Å². The lowest BCUT2D eigenvalue weighted by atomic mass is 9.94. The minimum atomic E-state index is -0.566.